The summed E-state index contributed by atoms with van der Waals surface area (Å²) in [7, 11) is 0. The highest BCUT2D eigenvalue weighted by atomic mass is 32.1. The molecule has 4 aromatic rings. The highest BCUT2D eigenvalue weighted by molar-refractivity contribution is 7.09. The molecular weight excluding hydrogens is 530 g/mol. The minimum absolute atomic E-state index is 0.0822. The van der Waals surface area contributed by atoms with E-state index in [2.05, 4.69) is 35.9 Å². The fourth-order valence-electron chi connectivity index (χ4n) is 5.14. The number of hydrazine groups is 1. The van der Waals surface area contributed by atoms with Crippen LogP contribution in [0, 0.1) is 0 Å². The number of hydrogen-bond acceptors (Lipinski definition) is 8. The van der Waals surface area contributed by atoms with Gasteiger partial charge in [0.25, 0.3) is 11.8 Å². The van der Waals surface area contributed by atoms with Gasteiger partial charge in [0.1, 0.15) is 11.5 Å². The van der Waals surface area contributed by atoms with Crippen LogP contribution in [0.15, 0.2) is 54.0 Å². The molecule has 0 bridgehead atoms. The van der Waals surface area contributed by atoms with Gasteiger partial charge in [-0.05, 0) is 31.0 Å². The summed E-state index contributed by atoms with van der Waals surface area (Å²) < 4.78 is 0. The van der Waals surface area contributed by atoms with Crippen molar-refractivity contribution in [1.82, 2.24) is 40.8 Å². The third kappa shape index (κ3) is 5.32. The van der Waals surface area contributed by atoms with E-state index in [4.69, 9.17) is 0 Å². The molecular formula is C27H29N9O3S. The number of benzene rings is 1. The zero-order valence-corrected chi connectivity index (χ0v) is 22.6. The number of piperazine rings is 1. The molecule has 12 nitrogen and oxygen atoms in total. The van der Waals surface area contributed by atoms with E-state index in [1.807, 2.05) is 46.2 Å². The van der Waals surface area contributed by atoms with Crippen LogP contribution in [0.3, 0.4) is 0 Å². The molecule has 0 unspecified atom stereocenters. The number of aromatic amines is 1. The van der Waals surface area contributed by atoms with Crippen LogP contribution < -0.4 is 15.8 Å². The minimum Gasteiger partial charge on any atom is -0.353 e. The standard InChI is InChI=1S/C27H29N9O3S/c37-24(32-33-25(38)23-19-5-1-2-6-20(19)30-31-23)21-17-40-26(29-21)18-8-11-35(12-9-18)27(39)36-15-13-34(14-16-36)22-7-3-4-10-28-22/h1-7,10,17-18H,8-9,11-16H2,(H,30,31)(H,32,37)(H,33,38). The second-order valence-electron chi connectivity index (χ2n) is 9.80. The highest BCUT2D eigenvalue weighted by Crippen LogP contribution is 2.31. The van der Waals surface area contributed by atoms with Crippen LogP contribution in [-0.4, -0.2) is 87.1 Å². The summed E-state index contributed by atoms with van der Waals surface area (Å²) in [6.45, 7) is 4.18. The summed E-state index contributed by atoms with van der Waals surface area (Å²) in [5, 5.41) is 10.1. The molecule has 2 aliphatic heterocycles. The molecule has 40 heavy (non-hydrogen) atoms. The number of likely N-dealkylation sites (tertiary alicyclic amines) is 1. The van der Waals surface area contributed by atoms with Gasteiger partial charge in [-0.25, -0.2) is 14.8 Å². The fraction of sp³-hybridized carbons (Fsp3) is 0.333. The molecule has 0 radical (unpaired) electrons. The van der Waals surface area contributed by atoms with E-state index in [0.29, 0.717) is 31.6 Å². The quantitative estimate of drug-likeness (QED) is 0.327. The van der Waals surface area contributed by atoms with Crippen molar-refractivity contribution in [2.45, 2.75) is 18.8 Å². The maximum Gasteiger partial charge on any atom is 0.320 e. The number of aromatic nitrogens is 4. The molecule has 2 saturated heterocycles. The van der Waals surface area contributed by atoms with Gasteiger partial charge in [0, 0.05) is 62.1 Å². The minimum atomic E-state index is -0.517. The summed E-state index contributed by atoms with van der Waals surface area (Å²) in [5.41, 5.74) is 6.02. The number of rotatable bonds is 4. The predicted octanol–water partition coefficient (Wildman–Crippen LogP) is 2.61. The fourth-order valence-corrected chi connectivity index (χ4v) is 6.11. The average molecular weight is 560 g/mol. The molecule has 0 aliphatic carbocycles. The van der Waals surface area contributed by atoms with Crippen molar-refractivity contribution in [3.63, 3.8) is 0 Å². The van der Waals surface area contributed by atoms with Gasteiger partial charge in [-0.3, -0.25) is 25.5 Å². The third-order valence-electron chi connectivity index (χ3n) is 7.37. The summed E-state index contributed by atoms with van der Waals surface area (Å²) in [6, 6.07) is 13.2. The van der Waals surface area contributed by atoms with E-state index in [1.54, 1.807) is 17.6 Å². The molecule has 3 aromatic heterocycles. The van der Waals surface area contributed by atoms with E-state index in [1.165, 1.54) is 11.3 Å². The number of urea groups is 1. The molecule has 1 aromatic carbocycles. The molecule has 0 atom stereocenters. The molecule has 0 saturated carbocycles. The Morgan fingerprint density at radius 2 is 1.60 bits per heavy atom. The Labute approximate surface area is 234 Å². The summed E-state index contributed by atoms with van der Waals surface area (Å²) in [4.78, 5) is 53.3. The summed E-state index contributed by atoms with van der Waals surface area (Å²) >= 11 is 1.43. The lowest BCUT2D eigenvalue weighted by Gasteiger charge is -2.39. The van der Waals surface area contributed by atoms with Crippen LogP contribution in [0.1, 0.15) is 44.7 Å². The number of hydrogen-bond donors (Lipinski definition) is 3. The lowest BCUT2D eigenvalue weighted by molar-refractivity contribution is 0.0842. The Kier molecular flexibility index (Phi) is 7.27. The van der Waals surface area contributed by atoms with Gasteiger partial charge in [0.2, 0.25) is 0 Å². The maximum atomic E-state index is 13.1. The molecule has 206 valence electrons. The van der Waals surface area contributed by atoms with Gasteiger partial charge in [0.05, 0.1) is 10.5 Å². The Bertz CT molecular complexity index is 1510. The normalized spacial score (nSPS) is 16.2. The van der Waals surface area contributed by atoms with Crippen molar-refractivity contribution in [2.75, 3.05) is 44.2 Å². The Morgan fingerprint density at radius 3 is 2.38 bits per heavy atom. The zero-order chi connectivity index (χ0) is 27.5. The van der Waals surface area contributed by atoms with E-state index in [0.717, 1.165) is 42.3 Å². The Hall–Kier alpha value is -4.52. The number of nitrogens with one attached hydrogen (secondary N) is 3. The van der Waals surface area contributed by atoms with Gasteiger partial charge in [-0.15, -0.1) is 11.3 Å². The number of para-hydroxylation sites is 1. The molecule has 0 spiro atoms. The van der Waals surface area contributed by atoms with Crippen molar-refractivity contribution in [2.24, 2.45) is 0 Å². The monoisotopic (exact) mass is 559 g/mol. The van der Waals surface area contributed by atoms with Crippen LogP contribution in [0.2, 0.25) is 0 Å². The van der Waals surface area contributed by atoms with Gasteiger partial charge in [-0.2, -0.15) is 5.10 Å². The topological polar surface area (TPSA) is 139 Å². The van der Waals surface area contributed by atoms with Gasteiger partial charge in [0.15, 0.2) is 5.69 Å². The van der Waals surface area contributed by atoms with E-state index >= 15 is 0 Å². The van der Waals surface area contributed by atoms with Gasteiger partial charge < -0.3 is 14.7 Å². The van der Waals surface area contributed by atoms with Crippen LogP contribution in [0.25, 0.3) is 10.9 Å². The van der Waals surface area contributed by atoms with Crippen LogP contribution in [0.5, 0.6) is 0 Å². The number of amides is 4. The molecule has 4 amide bonds. The van der Waals surface area contributed by atoms with Crippen LogP contribution >= 0.6 is 11.3 Å². The number of pyridine rings is 1. The van der Waals surface area contributed by atoms with Crippen molar-refractivity contribution in [3.8, 4) is 0 Å². The first kappa shape index (κ1) is 25.7. The van der Waals surface area contributed by atoms with Crippen LogP contribution in [-0.2, 0) is 0 Å². The maximum absolute atomic E-state index is 13.1. The van der Waals surface area contributed by atoms with Crippen molar-refractivity contribution in [3.05, 3.63) is 70.4 Å². The number of carbonyl (C=O) groups is 3. The number of fused-ring (bicyclic) bond motifs is 1. The number of anilines is 1. The smallest absolute Gasteiger partial charge is 0.320 e. The van der Waals surface area contributed by atoms with Crippen LogP contribution in [0.4, 0.5) is 10.6 Å². The number of nitrogens with zero attached hydrogens (tertiary/aromatic N) is 6. The molecule has 6 rings (SSSR count). The highest BCUT2D eigenvalue weighted by Gasteiger charge is 2.30. The Morgan fingerprint density at radius 1 is 0.875 bits per heavy atom. The Balaban J connectivity index is 0.972. The predicted molar refractivity (Wildman–Crippen MR) is 150 cm³/mol. The van der Waals surface area contributed by atoms with E-state index in [-0.39, 0.29) is 23.3 Å². The number of carbonyl (C=O) groups excluding carboxylic acids is 3. The van der Waals surface area contributed by atoms with Gasteiger partial charge >= 0.3 is 6.03 Å². The second-order valence-corrected chi connectivity index (χ2v) is 10.7. The number of H-pyrrole nitrogens is 1. The molecule has 2 aliphatic rings. The van der Waals surface area contributed by atoms with Crippen molar-refractivity contribution >= 4 is 45.9 Å². The first-order valence-electron chi connectivity index (χ1n) is 13.3. The van der Waals surface area contributed by atoms with Crippen molar-refractivity contribution < 1.29 is 14.4 Å². The summed E-state index contributed by atoms with van der Waals surface area (Å²) in [6.07, 6.45) is 3.37. The molecule has 3 N–H and O–H groups in total. The second kappa shape index (κ2) is 11.3. The van der Waals surface area contributed by atoms with E-state index in [9.17, 15) is 14.4 Å². The first-order valence-corrected chi connectivity index (χ1v) is 14.1. The average Bonchev–Trinajstić information content (AvgIpc) is 3.68. The van der Waals surface area contributed by atoms with Gasteiger partial charge in [-0.1, -0.05) is 24.3 Å². The molecule has 5 heterocycles. The van der Waals surface area contributed by atoms with Crippen molar-refractivity contribution in [1.29, 1.82) is 0 Å². The SMILES string of the molecule is O=C(NNC(=O)c1n[nH]c2ccccc12)c1csc(C2CCN(C(=O)N3CCN(c4ccccn4)CC3)CC2)n1. The third-order valence-corrected chi connectivity index (χ3v) is 8.37. The molecule has 13 heteroatoms. The zero-order valence-electron chi connectivity index (χ0n) is 21.7. The van der Waals surface area contributed by atoms with E-state index < -0.39 is 11.8 Å². The lowest BCUT2D eigenvalue weighted by atomic mass is 9.98. The molecule has 2 fully saturated rings. The first-order chi connectivity index (χ1) is 19.6. The number of thiazole rings is 1. The summed E-state index contributed by atoms with van der Waals surface area (Å²) in [5.74, 6) is 0.117. The largest absolute Gasteiger partial charge is 0.353 e. The lowest BCUT2D eigenvalue weighted by Crippen LogP contribution is -2.54. The number of piperidine rings is 1.